The quantitative estimate of drug-likeness (QED) is 0.719. The van der Waals surface area contributed by atoms with E-state index in [-0.39, 0.29) is 6.03 Å². The Morgan fingerprint density at radius 2 is 1.67 bits per heavy atom. The highest BCUT2D eigenvalue weighted by atomic mass is 16.5. The minimum Gasteiger partial charge on any atom is -0.467 e. The number of ether oxygens (including phenoxy) is 1. The molecular formula is C19H18N2O3. The number of carbonyl (C=O) groups excluding carboxylic acids is 1. The van der Waals surface area contributed by atoms with Crippen LogP contribution in [0, 0.1) is 0 Å². The van der Waals surface area contributed by atoms with E-state index in [2.05, 4.69) is 10.6 Å². The van der Waals surface area contributed by atoms with Gasteiger partial charge in [0.15, 0.2) is 0 Å². The molecule has 2 amide bonds. The fourth-order valence-corrected chi connectivity index (χ4v) is 2.17. The fourth-order valence-electron chi connectivity index (χ4n) is 2.17. The second-order valence-corrected chi connectivity index (χ2v) is 5.18. The molecule has 0 saturated heterocycles. The van der Waals surface area contributed by atoms with Crippen LogP contribution in [0.25, 0.3) is 0 Å². The molecule has 0 aliphatic carbocycles. The van der Waals surface area contributed by atoms with Gasteiger partial charge in [-0.25, -0.2) is 4.79 Å². The first-order valence-electron chi connectivity index (χ1n) is 7.65. The molecule has 5 nitrogen and oxygen atoms in total. The Bertz CT molecular complexity index is 770. The summed E-state index contributed by atoms with van der Waals surface area (Å²) in [5.41, 5.74) is 0.955. The van der Waals surface area contributed by atoms with Gasteiger partial charge < -0.3 is 19.8 Å². The number of amides is 2. The zero-order valence-corrected chi connectivity index (χ0v) is 13.1. The summed E-state index contributed by atoms with van der Waals surface area (Å²) in [5.74, 6) is 2.22. The van der Waals surface area contributed by atoms with Crippen LogP contribution in [-0.4, -0.2) is 6.03 Å². The lowest BCUT2D eigenvalue weighted by Crippen LogP contribution is -2.34. The number of furan rings is 1. The second kappa shape index (κ2) is 7.87. The van der Waals surface area contributed by atoms with Crippen LogP contribution in [0.5, 0.6) is 11.5 Å². The zero-order valence-electron chi connectivity index (χ0n) is 13.1. The Hall–Kier alpha value is -3.21. The molecule has 0 radical (unpaired) electrons. The maximum absolute atomic E-state index is 11.8. The molecule has 1 heterocycles. The molecule has 2 N–H and O–H groups in total. The van der Waals surface area contributed by atoms with Gasteiger partial charge in [0.1, 0.15) is 17.3 Å². The first kappa shape index (κ1) is 15.7. The van der Waals surface area contributed by atoms with E-state index < -0.39 is 0 Å². The van der Waals surface area contributed by atoms with Gasteiger partial charge in [-0.3, -0.25) is 0 Å². The van der Waals surface area contributed by atoms with E-state index in [0.717, 1.165) is 17.1 Å². The molecule has 2 aromatic carbocycles. The van der Waals surface area contributed by atoms with E-state index in [1.54, 1.807) is 12.3 Å². The third-order valence-electron chi connectivity index (χ3n) is 3.33. The van der Waals surface area contributed by atoms with E-state index in [0.29, 0.717) is 18.8 Å². The molecule has 122 valence electrons. The minimum absolute atomic E-state index is 0.249. The average molecular weight is 322 g/mol. The SMILES string of the molecule is O=C(NCc1cccc(Oc2ccccc2)c1)NCc1ccco1. The smallest absolute Gasteiger partial charge is 0.315 e. The summed E-state index contributed by atoms with van der Waals surface area (Å²) in [4.78, 5) is 11.8. The van der Waals surface area contributed by atoms with Crippen molar-refractivity contribution in [3.63, 3.8) is 0 Å². The van der Waals surface area contributed by atoms with Crippen LogP contribution in [0.15, 0.2) is 77.4 Å². The van der Waals surface area contributed by atoms with Crippen molar-refractivity contribution >= 4 is 6.03 Å². The number of hydrogen-bond acceptors (Lipinski definition) is 3. The third-order valence-corrected chi connectivity index (χ3v) is 3.33. The lowest BCUT2D eigenvalue weighted by molar-refractivity contribution is 0.239. The average Bonchev–Trinajstić information content (AvgIpc) is 3.13. The van der Waals surface area contributed by atoms with Crippen LogP contribution in [-0.2, 0) is 13.1 Å². The molecular weight excluding hydrogens is 304 g/mol. The van der Waals surface area contributed by atoms with Gasteiger partial charge in [-0.2, -0.15) is 0 Å². The summed E-state index contributed by atoms with van der Waals surface area (Å²) in [6, 6.07) is 20.5. The largest absolute Gasteiger partial charge is 0.467 e. The normalized spacial score (nSPS) is 10.2. The molecule has 5 heteroatoms. The van der Waals surface area contributed by atoms with Gasteiger partial charge in [0.2, 0.25) is 0 Å². The molecule has 0 fully saturated rings. The summed E-state index contributed by atoms with van der Waals surface area (Å²) in [6.45, 7) is 0.770. The summed E-state index contributed by atoms with van der Waals surface area (Å²) < 4.78 is 10.9. The van der Waals surface area contributed by atoms with Gasteiger partial charge in [-0.1, -0.05) is 30.3 Å². The van der Waals surface area contributed by atoms with Gasteiger partial charge in [0.05, 0.1) is 12.8 Å². The Morgan fingerprint density at radius 3 is 2.46 bits per heavy atom. The second-order valence-electron chi connectivity index (χ2n) is 5.18. The Labute approximate surface area is 140 Å². The van der Waals surface area contributed by atoms with Crippen molar-refractivity contribution in [1.82, 2.24) is 10.6 Å². The molecule has 0 saturated carbocycles. The van der Waals surface area contributed by atoms with Crippen molar-refractivity contribution in [2.75, 3.05) is 0 Å². The van der Waals surface area contributed by atoms with Crippen LogP contribution in [0.2, 0.25) is 0 Å². The van der Waals surface area contributed by atoms with E-state index in [9.17, 15) is 4.79 Å². The lowest BCUT2D eigenvalue weighted by atomic mass is 10.2. The van der Waals surface area contributed by atoms with E-state index in [4.69, 9.17) is 9.15 Å². The van der Waals surface area contributed by atoms with Gasteiger partial charge >= 0.3 is 6.03 Å². The van der Waals surface area contributed by atoms with E-state index in [1.807, 2.05) is 60.7 Å². The highest BCUT2D eigenvalue weighted by Gasteiger charge is 2.03. The van der Waals surface area contributed by atoms with Gasteiger partial charge in [-0.15, -0.1) is 0 Å². The molecule has 0 atom stereocenters. The van der Waals surface area contributed by atoms with Crippen LogP contribution in [0.3, 0.4) is 0 Å². The molecule has 0 aliphatic heterocycles. The minimum atomic E-state index is -0.249. The topological polar surface area (TPSA) is 63.5 Å². The Kier molecular flexibility index (Phi) is 5.14. The highest BCUT2D eigenvalue weighted by Crippen LogP contribution is 2.21. The standard InChI is InChI=1S/C19H18N2O3/c22-19(21-14-18-10-5-11-23-18)20-13-15-6-4-9-17(12-15)24-16-7-2-1-3-8-16/h1-12H,13-14H2,(H2,20,21,22). The Balaban J connectivity index is 1.50. The number of carbonyl (C=O) groups is 1. The number of urea groups is 1. The summed E-state index contributed by atoms with van der Waals surface area (Å²) >= 11 is 0. The maximum Gasteiger partial charge on any atom is 0.315 e. The fraction of sp³-hybridized carbons (Fsp3) is 0.105. The van der Waals surface area contributed by atoms with Gasteiger partial charge in [0.25, 0.3) is 0 Å². The molecule has 0 bridgehead atoms. The number of para-hydroxylation sites is 1. The molecule has 0 spiro atoms. The van der Waals surface area contributed by atoms with E-state index in [1.165, 1.54) is 0 Å². The van der Waals surface area contributed by atoms with Crippen LogP contribution < -0.4 is 15.4 Å². The van der Waals surface area contributed by atoms with Crippen LogP contribution in [0.4, 0.5) is 4.79 Å². The number of benzene rings is 2. The first-order valence-corrected chi connectivity index (χ1v) is 7.65. The molecule has 0 aliphatic rings. The number of hydrogen-bond donors (Lipinski definition) is 2. The van der Waals surface area contributed by atoms with Crippen molar-refractivity contribution < 1.29 is 13.9 Å². The predicted molar refractivity (Wildman–Crippen MR) is 90.7 cm³/mol. The van der Waals surface area contributed by atoms with Gasteiger partial charge in [0, 0.05) is 6.54 Å². The lowest BCUT2D eigenvalue weighted by Gasteiger charge is -2.09. The van der Waals surface area contributed by atoms with Crippen molar-refractivity contribution in [1.29, 1.82) is 0 Å². The summed E-state index contributed by atoms with van der Waals surface area (Å²) in [6.07, 6.45) is 1.58. The van der Waals surface area contributed by atoms with Crippen molar-refractivity contribution in [3.05, 3.63) is 84.3 Å². The number of nitrogens with one attached hydrogen (secondary N) is 2. The first-order chi connectivity index (χ1) is 11.8. The zero-order chi connectivity index (χ0) is 16.6. The predicted octanol–water partition coefficient (Wildman–Crippen LogP) is 4.07. The third kappa shape index (κ3) is 4.64. The van der Waals surface area contributed by atoms with Gasteiger partial charge in [-0.05, 0) is 42.0 Å². The monoisotopic (exact) mass is 322 g/mol. The summed E-state index contributed by atoms with van der Waals surface area (Å²) in [7, 11) is 0. The highest BCUT2D eigenvalue weighted by molar-refractivity contribution is 5.73. The van der Waals surface area contributed by atoms with Crippen molar-refractivity contribution in [2.24, 2.45) is 0 Å². The molecule has 24 heavy (non-hydrogen) atoms. The van der Waals surface area contributed by atoms with Crippen molar-refractivity contribution in [3.8, 4) is 11.5 Å². The van der Waals surface area contributed by atoms with Crippen molar-refractivity contribution in [2.45, 2.75) is 13.1 Å². The maximum atomic E-state index is 11.8. The van der Waals surface area contributed by atoms with Crippen LogP contribution in [0.1, 0.15) is 11.3 Å². The van der Waals surface area contributed by atoms with Crippen LogP contribution >= 0.6 is 0 Å². The molecule has 3 rings (SSSR count). The molecule has 1 aromatic heterocycles. The molecule has 0 unspecified atom stereocenters. The van der Waals surface area contributed by atoms with E-state index >= 15 is 0 Å². The molecule has 3 aromatic rings. The Morgan fingerprint density at radius 1 is 0.875 bits per heavy atom. The number of rotatable bonds is 6. The summed E-state index contributed by atoms with van der Waals surface area (Å²) in [5, 5.41) is 5.54.